The fraction of sp³-hybridized carbons (Fsp3) is 0.500. The van der Waals surface area contributed by atoms with Crippen LogP contribution in [0.2, 0.25) is 0 Å². The highest BCUT2D eigenvalue weighted by Crippen LogP contribution is 2.26. The molecule has 1 N–H and O–H groups in total. The number of carbonyl (C=O) groups excluding carboxylic acids is 1. The summed E-state index contributed by atoms with van der Waals surface area (Å²) in [7, 11) is 3.86. The number of amides is 1. The number of β-amino-alcohol motifs (C(OH)–C–C–N with tert-alkyl or cyclic N) is 1. The highest BCUT2D eigenvalue weighted by molar-refractivity contribution is 5.89. The predicted octanol–water partition coefficient (Wildman–Crippen LogP) is 1.74. The SMILES string of the molecule is Cc1c(C#N)c2ccccc2n1CC(=O)N1CCCC(O)(CN(C)C)C1. The Bertz CT molecular complexity index is 865. The molecule has 1 atom stereocenters. The van der Waals surface area contributed by atoms with Gasteiger partial charge in [-0.2, -0.15) is 5.26 Å². The Kier molecular flexibility index (Phi) is 5.03. The molecule has 1 amide bonds. The average molecular weight is 354 g/mol. The maximum absolute atomic E-state index is 12.9. The molecular weight excluding hydrogens is 328 g/mol. The number of nitriles is 1. The molecule has 0 spiro atoms. The monoisotopic (exact) mass is 354 g/mol. The van der Waals surface area contributed by atoms with Crippen molar-refractivity contribution >= 4 is 16.8 Å². The van der Waals surface area contributed by atoms with Gasteiger partial charge in [0.2, 0.25) is 5.91 Å². The van der Waals surface area contributed by atoms with Gasteiger partial charge in [-0.3, -0.25) is 4.79 Å². The number of piperidine rings is 1. The molecule has 1 aromatic heterocycles. The Labute approximate surface area is 154 Å². The molecule has 0 aliphatic carbocycles. The smallest absolute Gasteiger partial charge is 0.242 e. The van der Waals surface area contributed by atoms with E-state index in [0.29, 0.717) is 31.6 Å². The van der Waals surface area contributed by atoms with E-state index in [1.807, 2.05) is 54.8 Å². The van der Waals surface area contributed by atoms with Crippen molar-refractivity contribution in [3.05, 3.63) is 35.5 Å². The third-order valence-corrected chi connectivity index (χ3v) is 5.15. The number of benzene rings is 1. The van der Waals surface area contributed by atoms with E-state index in [2.05, 4.69) is 6.07 Å². The molecule has 1 aromatic carbocycles. The summed E-state index contributed by atoms with van der Waals surface area (Å²) in [5, 5.41) is 21.2. The number of aliphatic hydroxyl groups is 1. The number of hydrogen-bond donors (Lipinski definition) is 1. The average Bonchev–Trinajstić information content (AvgIpc) is 2.85. The van der Waals surface area contributed by atoms with E-state index < -0.39 is 5.60 Å². The van der Waals surface area contributed by atoms with Gasteiger partial charge < -0.3 is 19.5 Å². The minimum absolute atomic E-state index is 0.0183. The van der Waals surface area contributed by atoms with E-state index in [9.17, 15) is 15.2 Å². The van der Waals surface area contributed by atoms with Gasteiger partial charge in [0, 0.05) is 24.2 Å². The summed E-state index contributed by atoms with van der Waals surface area (Å²) >= 11 is 0. The normalized spacial score (nSPS) is 20.5. The highest BCUT2D eigenvalue weighted by Gasteiger charge is 2.35. The van der Waals surface area contributed by atoms with Crippen molar-refractivity contribution < 1.29 is 9.90 Å². The molecule has 26 heavy (non-hydrogen) atoms. The van der Waals surface area contributed by atoms with Crippen molar-refractivity contribution in [1.82, 2.24) is 14.4 Å². The van der Waals surface area contributed by atoms with Crippen LogP contribution in [0.25, 0.3) is 10.9 Å². The van der Waals surface area contributed by atoms with Crippen LogP contribution in [-0.2, 0) is 11.3 Å². The van der Waals surface area contributed by atoms with Gasteiger partial charge in [0.25, 0.3) is 0 Å². The van der Waals surface area contributed by atoms with Crippen LogP contribution < -0.4 is 0 Å². The zero-order valence-electron chi connectivity index (χ0n) is 15.7. The molecule has 2 heterocycles. The topological polar surface area (TPSA) is 72.5 Å². The number of likely N-dealkylation sites (tertiary alicyclic amines) is 1. The quantitative estimate of drug-likeness (QED) is 0.908. The zero-order chi connectivity index (χ0) is 18.9. The minimum atomic E-state index is -0.858. The van der Waals surface area contributed by atoms with Crippen LogP contribution in [0, 0.1) is 18.3 Å². The zero-order valence-corrected chi connectivity index (χ0v) is 15.7. The van der Waals surface area contributed by atoms with Gasteiger partial charge in [0.15, 0.2) is 0 Å². The lowest BCUT2D eigenvalue weighted by molar-refractivity contribution is -0.139. The molecule has 1 fully saturated rings. The maximum atomic E-state index is 12.9. The summed E-state index contributed by atoms with van der Waals surface area (Å²) in [5.74, 6) is -0.0183. The van der Waals surface area contributed by atoms with Crippen LogP contribution in [0.15, 0.2) is 24.3 Å². The van der Waals surface area contributed by atoms with Crippen LogP contribution in [0.4, 0.5) is 0 Å². The molecule has 6 nitrogen and oxygen atoms in total. The first-order valence-corrected chi connectivity index (χ1v) is 8.97. The lowest BCUT2D eigenvalue weighted by Gasteiger charge is -2.40. The Hall–Kier alpha value is -2.36. The third-order valence-electron chi connectivity index (χ3n) is 5.15. The summed E-state index contributed by atoms with van der Waals surface area (Å²) in [4.78, 5) is 16.6. The summed E-state index contributed by atoms with van der Waals surface area (Å²) in [6, 6.07) is 9.93. The molecule has 1 unspecified atom stereocenters. The van der Waals surface area contributed by atoms with Gasteiger partial charge in [-0.1, -0.05) is 18.2 Å². The van der Waals surface area contributed by atoms with Gasteiger partial charge in [-0.05, 0) is 39.9 Å². The molecule has 2 aromatic rings. The predicted molar refractivity (Wildman–Crippen MR) is 101 cm³/mol. The molecule has 0 radical (unpaired) electrons. The Morgan fingerprint density at radius 1 is 1.38 bits per heavy atom. The van der Waals surface area contributed by atoms with Crippen LogP contribution in [0.1, 0.15) is 24.1 Å². The Morgan fingerprint density at radius 3 is 2.81 bits per heavy atom. The van der Waals surface area contributed by atoms with Crippen molar-refractivity contribution in [2.75, 3.05) is 33.7 Å². The summed E-state index contributed by atoms with van der Waals surface area (Å²) in [5.41, 5.74) is 1.47. The van der Waals surface area contributed by atoms with E-state index in [4.69, 9.17) is 0 Å². The van der Waals surface area contributed by atoms with Crippen molar-refractivity contribution in [3.63, 3.8) is 0 Å². The fourth-order valence-electron chi connectivity index (χ4n) is 4.05. The fourth-order valence-corrected chi connectivity index (χ4v) is 4.05. The van der Waals surface area contributed by atoms with Crippen LogP contribution in [-0.4, -0.2) is 64.7 Å². The molecule has 0 bridgehead atoms. The molecule has 1 aliphatic heterocycles. The van der Waals surface area contributed by atoms with Gasteiger partial charge in [-0.15, -0.1) is 0 Å². The number of hydrogen-bond acceptors (Lipinski definition) is 4. The number of aromatic nitrogens is 1. The molecule has 138 valence electrons. The lowest BCUT2D eigenvalue weighted by Crippen LogP contribution is -2.55. The largest absolute Gasteiger partial charge is 0.387 e. The highest BCUT2D eigenvalue weighted by atomic mass is 16.3. The number of nitrogens with zero attached hydrogens (tertiary/aromatic N) is 4. The second kappa shape index (κ2) is 7.10. The molecule has 1 aliphatic rings. The van der Waals surface area contributed by atoms with E-state index in [1.54, 1.807) is 4.90 Å². The number of fused-ring (bicyclic) bond motifs is 1. The summed E-state index contributed by atoms with van der Waals surface area (Å²) in [6.45, 7) is 3.63. The van der Waals surface area contributed by atoms with Crippen LogP contribution >= 0.6 is 0 Å². The Morgan fingerprint density at radius 2 is 2.12 bits per heavy atom. The molecule has 3 rings (SSSR count). The number of rotatable bonds is 4. The lowest BCUT2D eigenvalue weighted by atomic mass is 9.92. The van der Waals surface area contributed by atoms with Gasteiger partial charge in [0.05, 0.1) is 23.2 Å². The van der Waals surface area contributed by atoms with Crippen molar-refractivity contribution in [2.45, 2.75) is 31.9 Å². The van der Waals surface area contributed by atoms with Gasteiger partial charge in [0.1, 0.15) is 12.6 Å². The second-order valence-electron chi connectivity index (χ2n) is 7.56. The van der Waals surface area contributed by atoms with Crippen molar-refractivity contribution in [1.29, 1.82) is 5.26 Å². The first-order valence-electron chi connectivity index (χ1n) is 8.97. The second-order valence-corrected chi connectivity index (χ2v) is 7.56. The number of likely N-dealkylation sites (N-methyl/N-ethyl adjacent to an activating group) is 1. The number of para-hydroxylation sites is 1. The molecular formula is C20H26N4O2. The standard InChI is InChI=1S/C20H26N4O2/c1-15-17(11-21)16-7-4-5-8-18(16)24(15)12-19(25)23-10-6-9-20(26,14-23)13-22(2)3/h4-5,7-8,26H,6,9-10,12-14H2,1-3H3. The van der Waals surface area contributed by atoms with Gasteiger partial charge in [-0.25, -0.2) is 0 Å². The first kappa shape index (κ1) is 18.4. The molecule has 0 saturated carbocycles. The summed E-state index contributed by atoms with van der Waals surface area (Å²) < 4.78 is 1.91. The Balaban J connectivity index is 1.84. The van der Waals surface area contributed by atoms with Crippen LogP contribution in [0.3, 0.4) is 0 Å². The molecule has 6 heteroatoms. The van der Waals surface area contributed by atoms with Crippen molar-refractivity contribution in [3.8, 4) is 6.07 Å². The maximum Gasteiger partial charge on any atom is 0.242 e. The van der Waals surface area contributed by atoms with E-state index in [1.165, 1.54) is 0 Å². The summed E-state index contributed by atoms with van der Waals surface area (Å²) in [6.07, 6.45) is 1.50. The first-order chi connectivity index (χ1) is 12.3. The minimum Gasteiger partial charge on any atom is -0.387 e. The van der Waals surface area contributed by atoms with Gasteiger partial charge >= 0.3 is 0 Å². The third kappa shape index (κ3) is 3.46. The number of carbonyl (C=O) groups is 1. The van der Waals surface area contributed by atoms with Crippen molar-refractivity contribution in [2.24, 2.45) is 0 Å². The van der Waals surface area contributed by atoms with E-state index in [0.717, 1.165) is 23.0 Å². The molecule has 1 saturated heterocycles. The van der Waals surface area contributed by atoms with E-state index >= 15 is 0 Å². The van der Waals surface area contributed by atoms with Crippen LogP contribution in [0.5, 0.6) is 0 Å². The van der Waals surface area contributed by atoms with E-state index in [-0.39, 0.29) is 12.5 Å².